The molecule has 4 heteroatoms. The summed E-state index contributed by atoms with van der Waals surface area (Å²) in [6, 6.07) is 0. The van der Waals surface area contributed by atoms with E-state index < -0.39 is 0 Å². The minimum atomic E-state index is 0.877. The normalized spacial score (nSPS) is 18.0. The van der Waals surface area contributed by atoms with Gasteiger partial charge in [0.05, 0.1) is 10.7 Å². The molecule has 2 rings (SSSR count). The van der Waals surface area contributed by atoms with E-state index in [0.717, 1.165) is 25.4 Å². The molecule has 0 unspecified atom stereocenters. The molecule has 0 aliphatic carbocycles. The van der Waals surface area contributed by atoms with Gasteiger partial charge in [-0.25, -0.2) is 4.98 Å². The number of hydrogen-bond donors (Lipinski definition) is 1. The summed E-state index contributed by atoms with van der Waals surface area (Å²) in [7, 11) is 0. The van der Waals surface area contributed by atoms with Crippen molar-refractivity contribution >= 4 is 11.3 Å². The molecular formula is C15H27N3S. The lowest BCUT2D eigenvalue weighted by Crippen LogP contribution is -2.36. The van der Waals surface area contributed by atoms with E-state index in [1.165, 1.54) is 49.6 Å². The van der Waals surface area contributed by atoms with E-state index in [4.69, 9.17) is 4.98 Å². The molecule has 2 heterocycles. The van der Waals surface area contributed by atoms with Crippen LogP contribution in [0.15, 0.2) is 5.38 Å². The maximum atomic E-state index is 4.73. The maximum Gasteiger partial charge on any atom is 0.0928 e. The van der Waals surface area contributed by atoms with Crippen LogP contribution in [-0.4, -0.2) is 36.1 Å². The zero-order chi connectivity index (χ0) is 13.5. The zero-order valence-corrected chi connectivity index (χ0v) is 13.1. The highest BCUT2D eigenvalue weighted by Crippen LogP contribution is 2.19. The molecule has 1 aromatic rings. The second-order valence-corrected chi connectivity index (χ2v) is 6.45. The average molecular weight is 281 g/mol. The predicted octanol–water partition coefficient (Wildman–Crippen LogP) is 2.92. The van der Waals surface area contributed by atoms with Crippen LogP contribution in [0.3, 0.4) is 0 Å². The fourth-order valence-corrected chi connectivity index (χ4v) is 3.57. The van der Waals surface area contributed by atoms with Crippen molar-refractivity contribution in [1.82, 2.24) is 15.2 Å². The van der Waals surface area contributed by atoms with E-state index in [1.54, 1.807) is 0 Å². The number of hydrogen-bond acceptors (Lipinski definition) is 4. The number of nitrogens with zero attached hydrogens (tertiary/aromatic N) is 2. The number of aryl methyl sites for hydroxylation is 1. The number of piperidine rings is 1. The smallest absolute Gasteiger partial charge is 0.0928 e. The largest absolute Gasteiger partial charge is 0.317 e. The minimum absolute atomic E-state index is 0.877. The Morgan fingerprint density at radius 3 is 2.84 bits per heavy atom. The van der Waals surface area contributed by atoms with Crippen molar-refractivity contribution in [1.29, 1.82) is 0 Å². The Labute approximate surface area is 121 Å². The van der Waals surface area contributed by atoms with Crippen LogP contribution in [-0.2, 0) is 13.0 Å². The Balaban J connectivity index is 1.72. The molecule has 3 nitrogen and oxygen atoms in total. The quantitative estimate of drug-likeness (QED) is 0.833. The van der Waals surface area contributed by atoms with E-state index >= 15 is 0 Å². The van der Waals surface area contributed by atoms with Crippen LogP contribution >= 0.6 is 11.3 Å². The van der Waals surface area contributed by atoms with Gasteiger partial charge in [0.15, 0.2) is 0 Å². The summed E-state index contributed by atoms with van der Waals surface area (Å²) in [4.78, 5) is 7.29. The Morgan fingerprint density at radius 1 is 1.37 bits per heavy atom. The van der Waals surface area contributed by atoms with Crippen LogP contribution in [0.4, 0.5) is 0 Å². The predicted molar refractivity (Wildman–Crippen MR) is 82.7 cm³/mol. The van der Waals surface area contributed by atoms with Gasteiger partial charge in [-0.2, -0.15) is 0 Å². The first-order valence-corrected chi connectivity index (χ1v) is 8.56. The van der Waals surface area contributed by atoms with Crippen LogP contribution in [0.5, 0.6) is 0 Å². The second kappa shape index (κ2) is 7.98. The second-order valence-electron chi connectivity index (χ2n) is 5.51. The molecule has 1 saturated heterocycles. The molecule has 0 aromatic carbocycles. The molecule has 1 aromatic heterocycles. The monoisotopic (exact) mass is 281 g/mol. The van der Waals surface area contributed by atoms with Crippen molar-refractivity contribution in [3.8, 4) is 0 Å². The number of rotatable bonds is 7. The molecule has 0 bridgehead atoms. The Bertz CT molecular complexity index is 356. The van der Waals surface area contributed by atoms with Gasteiger partial charge in [0.25, 0.3) is 0 Å². The van der Waals surface area contributed by atoms with Gasteiger partial charge in [-0.15, -0.1) is 11.3 Å². The van der Waals surface area contributed by atoms with Gasteiger partial charge >= 0.3 is 0 Å². The number of thiazole rings is 1. The fraction of sp³-hybridized carbons (Fsp3) is 0.800. The molecule has 1 aliphatic heterocycles. The average Bonchev–Trinajstić information content (AvgIpc) is 2.86. The molecule has 1 aliphatic rings. The standard InChI is InChI=1S/C15H27N3S/c1-3-5-15-17-14(12-19-15)11-18-8-6-13(7-9-18)10-16-4-2/h12-13,16H,3-11H2,1-2H3. The van der Waals surface area contributed by atoms with E-state index in [-0.39, 0.29) is 0 Å². The van der Waals surface area contributed by atoms with Gasteiger partial charge in [0, 0.05) is 11.9 Å². The summed E-state index contributed by atoms with van der Waals surface area (Å²) in [5.74, 6) is 0.877. The van der Waals surface area contributed by atoms with Crippen molar-refractivity contribution in [2.24, 2.45) is 5.92 Å². The van der Waals surface area contributed by atoms with Crippen LogP contribution in [0.25, 0.3) is 0 Å². The number of nitrogens with one attached hydrogen (secondary N) is 1. The summed E-state index contributed by atoms with van der Waals surface area (Å²) in [6.45, 7) is 10.2. The van der Waals surface area contributed by atoms with Crippen LogP contribution in [0.2, 0.25) is 0 Å². The Kier molecular flexibility index (Phi) is 6.28. The van der Waals surface area contributed by atoms with Crippen molar-refractivity contribution in [3.05, 3.63) is 16.1 Å². The number of aromatic nitrogens is 1. The van der Waals surface area contributed by atoms with E-state index in [2.05, 4.69) is 29.4 Å². The highest BCUT2D eigenvalue weighted by Gasteiger charge is 2.19. The minimum Gasteiger partial charge on any atom is -0.317 e. The first-order chi connectivity index (χ1) is 9.31. The highest BCUT2D eigenvalue weighted by molar-refractivity contribution is 7.09. The van der Waals surface area contributed by atoms with E-state index in [1.807, 2.05) is 11.3 Å². The third-order valence-corrected chi connectivity index (χ3v) is 4.80. The highest BCUT2D eigenvalue weighted by atomic mass is 32.1. The molecule has 0 saturated carbocycles. The van der Waals surface area contributed by atoms with Gasteiger partial charge in [-0.1, -0.05) is 13.8 Å². The van der Waals surface area contributed by atoms with Gasteiger partial charge < -0.3 is 5.32 Å². The van der Waals surface area contributed by atoms with Gasteiger partial charge in [-0.3, -0.25) is 4.90 Å². The zero-order valence-electron chi connectivity index (χ0n) is 12.3. The van der Waals surface area contributed by atoms with Gasteiger partial charge in [0.2, 0.25) is 0 Å². The van der Waals surface area contributed by atoms with Crippen molar-refractivity contribution in [2.45, 2.75) is 46.1 Å². The first-order valence-electron chi connectivity index (χ1n) is 7.68. The van der Waals surface area contributed by atoms with Crippen LogP contribution in [0.1, 0.15) is 43.8 Å². The van der Waals surface area contributed by atoms with Gasteiger partial charge in [-0.05, 0) is 57.8 Å². The summed E-state index contributed by atoms with van der Waals surface area (Å²) < 4.78 is 0. The van der Waals surface area contributed by atoms with E-state index in [9.17, 15) is 0 Å². The molecule has 0 spiro atoms. The third kappa shape index (κ3) is 4.86. The molecule has 1 N–H and O–H groups in total. The molecular weight excluding hydrogens is 254 g/mol. The first kappa shape index (κ1) is 14.9. The summed E-state index contributed by atoms with van der Waals surface area (Å²) in [5, 5.41) is 7.02. The van der Waals surface area contributed by atoms with E-state index in [0.29, 0.717) is 0 Å². The molecule has 0 radical (unpaired) electrons. The molecule has 108 valence electrons. The molecule has 19 heavy (non-hydrogen) atoms. The lowest BCUT2D eigenvalue weighted by molar-refractivity contribution is 0.174. The SMILES string of the molecule is CCCc1nc(CN2CCC(CNCC)CC2)cs1. The Morgan fingerprint density at radius 2 is 2.16 bits per heavy atom. The van der Waals surface area contributed by atoms with Gasteiger partial charge in [0.1, 0.15) is 0 Å². The Hall–Kier alpha value is -0.450. The summed E-state index contributed by atoms with van der Waals surface area (Å²) in [5.41, 5.74) is 1.28. The van der Waals surface area contributed by atoms with Crippen LogP contribution in [0, 0.1) is 5.92 Å². The topological polar surface area (TPSA) is 28.2 Å². The van der Waals surface area contributed by atoms with Crippen molar-refractivity contribution in [3.63, 3.8) is 0 Å². The van der Waals surface area contributed by atoms with Crippen molar-refractivity contribution < 1.29 is 0 Å². The lowest BCUT2D eigenvalue weighted by atomic mass is 9.97. The summed E-state index contributed by atoms with van der Waals surface area (Å²) >= 11 is 1.83. The van der Waals surface area contributed by atoms with Crippen molar-refractivity contribution in [2.75, 3.05) is 26.2 Å². The maximum absolute atomic E-state index is 4.73. The van der Waals surface area contributed by atoms with Crippen LogP contribution < -0.4 is 5.32 Å². The summed E-state index contributed by atoms with van der Waals surface area (Å²) in [6.07, 6.45) is 5.00. The molecule has 0 atom stereocenters. The number of likely N-dealkylation sites (tertiary alicyclic amines) is 1. The molecule has 0 amide bonds. The lowest BCUT2D eigenvalue weighted by Gasteiger charge is -2.31. The fourth-order valence-electron chi connectivity index (χ4n) is 2.68. The molecule has 1 fully saturated rings. The third-order valence-electron chi connectivity index (χ3n) is 3.84.